The lowest BCUT2D eigenvalue weighted by Crippen LogP contribution is -2.23. The molecule has 0 spiro atoms. The predicted octanol–water partition coefficient (Wildman–Crippen LogP) is 4.28. The summed E-state index contributed by atoms with van der Waals surface area (Å²) in [5, 5.41) is 0. The fourth-order valence-corrected chi connectivity index (χ4v) is 2.81. The molecule has 0 bridgehead atoms. The van der Waals surface area contributed by atoms with Crippen LogP contribution in [0.4, 0.5) is 0 Å². The van der Waals surface area contributed by atoms with Crippen LogP contribution in [0.1, 0.15) is 78.1 Å². The van der Waals surface area contributed by atoms with Crippen LogP contribution in [-0.4, -0.2) is 34.2 Å². The molecule has 0 aliphatic carbocycles. The maximum atomic E-state index is 12.1. The third kappa shape index (κ3) is 10.9. The Morgan fingerprint density at radius 1 is 1.00 bits per heavy atom. The third-order valence-corrected chi connectivity index (χ3v) is 4.22. The van der Waals surface area contributed by atoms with Gasteiger partial charge >= 0.3 is 11.9 Å². The molecule has 26 heavy (non-hydrogen) atoms. The molecule has 6 nitrogen and oxygen atoms in total. The maximum absolute atomic E-state index is 12.1. The van der Waals surface area contributed by atoms with Gasteiger partial charge in [-0.25, -0.2) is 4.98 Å². The highest BCUT2D eigenvalue weighted by molar-refractivity contribution is 5.70. The van der Waals surface area contributed by atoms with E-state index in [1.165, 1.54) is 25.7 Å². The van der Waals surface area contributed by atoms with Gasteiger partial charge in [-0.05, 0) is 32.6 Å². The van der Waals surface area contributed by atoms with E-state index in [1.54, 1.807) is 19.4 Å². The van der Waals surface area contributed by atoms with Crippen LogP contribution in [0.15, 0.2) is 18.7 Å². The van der Waals surface area contributed by atoms with Crippen LogP contribution in [0.25, 0.3) is 0 Å². The number of rotatable bonds is 15. The topological polar surface area (TPSA) is 70.4 Å². The highest BCUT2D eigenvalue weighted by Crippen LogP contribution is 2.13. The van der Waals surface area contributed by atoms with Crippen molar-refractivity contribution < 1.29 is 19.1 Å². The highest BCUT2D eigenvalue weighted by atomic mass is 16.5. The molecule has 0 saturated heterocycles. The normalized spacial score (nSPS) is 11.9. The molecule has 0 radical (unpaired) electrons. The van der Waals surface area contributed by atoms with Crippen LogP contribution >= 0.6 is 0 Å². The zero-order valence-corrected chi connectivity index (χ0v) is 16.3. The Morgan fingerprint density at radius 3 is 2.38 bits per heavy atom. The largest absolute Gasteiger partial charge is 0.466 e. The first-order chi connectivity index (χ1) is 12.7. The Balaban J connectivity index is 2.30. The number of unbranched alkanes of at least 4 members (excludes halogenated alkanes) is 5. The predicted molar refractivity (Wildman–Crippen MR) is 101 cm³/mol. The molecule has 0 aromatic carbocycles. The van der Waals surface area contributed by atoms with Crippen molar-refractivity contribution in [2.24, 2.45) is 0 Å². The zero-order chi connectivity index (χ0) is 19.0. The molecule has 0 amide bonds. The van der Waals surface area contributed by atoms with Crippen LogP contribution < -0.4 is 0 Å². The SMILES string of the molecule is CCCCCCCC(Cn1ccnc1)OC(=O)CCCCC(=O)OCC. The van der Waals surface area contributed by atoms with Gasteiger partial charge in [0.25, 0.3) is 0 Å². The maximum Gasteiger partial charge on any atom is 0.306 e. The van der Waals surface area contributed by atoms with E-state index in [2.05, 4.69) is 11.9 Å². The molecule has 0 saturated carbocycles. The number of hydrogen-bond donors (Lipinski definition) is 0. The number of esters is 2. The first-order valence-corrected chi connectivity index (χ1v) is 9.96. The van der Waals surface area contributed by atoms with E-state index in [0.29, 0.717) is 38.8 Å². The van der Waals surface area contributed by atoms with Crippen LogP contribution in [0, 0.1) is 0 Å². The fraction of sp³-hybridized carbons (Fsp3) is 0.750. The second-order valence-corrected chi connectivity index (χ2v) is 6.59. The Labute approximate surface area is 157 Å². The quantitative estimate of drug-likeness (QED) is 0.342. The van der Waals surface area contributed by atoms with Crippen molar-refractivity contribution in [1.82, 2.24) is 9.55 Å². The zero-order valence-electron chi connectivity index (χ0n) is 16.3. The van der Waals surface area contributed by atoms with E-state index in [9.17, 15) is 9.59 Å². The van der Waals surface area contributed by atoms with E-state index in [0.717, 1.165) is 12.8 Å². The summed E-state index contributed by atoms with van der Waals surface area (Å²) >= 11 is 0. The van der Waals surface area contributed by atoms with Crippen molar-refractivity contribution in [1.29, 1.82) is 0 Å². The minimum Gasteiger partial charge on any atom is -0.466 e. The van der Waals surface area contributed by atoms with Crippen LogP contribution in [0.5, 0.6) is 0 Å². The van der Waals surface area contributed by atoms with Crippen LogP contribution in [-0.2, 0) is 25.6 Å². The summed E-state index contributed by atoms with van der Waals surface area (Å²) in [7, 11) is 0. The summed E-state index contributed by atoms with van der Waals surface area (Å²) < 4.78 is 12.5. The van der Waals surface area contributed by atoms with Crippen molar-refractivity contribution >= 4 is 11.9 Å². The molecule has 0 aliphatic heterocycles. The lowest BCUT2D eigenvalue weighted by molar-refractivity contribution is -0.151. The summed E-state index contributed by atoms with van der Waals surface area (Å²) in [6, 6.07) is 0. The van der Waals surface area contributed by atoms with Gasteiger partial charge in [0.2, 0.25) is 0 Å². The molecular formula is C20H34N2O4. The number of hydrogen-bond acceptors (Lipinski definition) is 5. The van der Waals surface area contributed by atoms with E-state index >= 15 is 0 Å². The molecule has 1 aromatic heterocycles. The second-order valence-electron chi connectivity index (χ2n) is 6.59. The monoisotopic (exact) mass is 366 g/mol. The number of ether oxygens (including phenoxy) is 2. The summed E-state index contributed by atoms with van der Waals surface area (Å²) in [6.07, 6.45) is 14.1. The Bertz CT molecular complexity index is 488. The van der Waals surface area contributed by atoms with Gasteiger partial charge in [-0.2, -0.15) is 0 Å². The molecule has 1 rings (SSSR count). The van der Waals surface area contributed by atoms with Gasteiger partial charge in [0.1, 0.15) is 6.10 Å². The minimum atomic E-state index is -0.203. The molecule has 1 heterocycles. The molecule has 1 unspecified atom stereocenters. The molecule has 148 valence electrons. The lowest BCUT2D eigenvalue weighted by atomic mass is 10.1. The van der Waals surface area contributed by atoms with E-state index in [-0.39, 0.29) is 18.0 Å². The van der Waals surface area contributed by atoms with Crippen LogP contribution in [0.2, 0.25) is 0 Å². The average molecular weight is 367 g/mol. The summed E-state index contributed by atoms with van der Waals surface area (Å²) in [4.78, 5) is 27.5. The number of imidazole rings is 1. The standard InChI is InChI=1S/C20H34N2O4/c1-3-5-6-7-8-11-18(16-22-15-14-21-17-22)26-20(24)13-10-9-12-19(23)25-4-2/h14-15,17-18H,3-13,16H2,1-2H3. The fourth-order valence-electron chi connectivity index (χ4n) is 2.81. The number of carbonyl (C=O) groups excluding carboxylic acids is 2. The van der Waals surface area contributed by atoms with Gasteiger partial charge in [-0.1, -0.05) is 32.6 Å². The molecule has 0 aliphatic rings. The molecule has 6 heteroatoms. The Kier molecular flexibility index (Phi) is 12.2. The Morgan fingerprint density at radius 2 is 1.73 bits per heavy atom. The summed E-state index contributed by atoms with van der Waals surface area (Å²) in [5.41, 5.74) is 0. The van der Waals surface area contributed by atoms with Gasteiger partial charge in [0.05, 0.1) is 19.5 Å². The summed E-state index contributed by atoms with van der Waals surface area (Å²) in [6.45, 7) is 5.03. The van der Waals surface area contributed by atoms with E-state index < -0.39 is 0 Å². The van der Waals surface area contributed by atoms with Crippen molar-refractivity contribution in [3.05, 3.63) is 18.7 Å². The third-order valence-electron chi connectivity index (χ3n) is 4.22. The van der Waals surface area contributed by atoms with Crippen LogP contribution in [0.3, 0.4) is 0 Å². The van der Waals surface area contributed by atoms with E-state index in [4.69, 9.17) is 9.47 Å². The van der Waals surface area contributed by atoms with Gasteiger partial charge in [0, 0.05) is 25.2 Å². The van der Waals surface area contributed by atoms with Crippen molar-refractivity contribution in [2.45, 2.75) is 90.7 Å². The first-order valence-electron chi connectivity index (χ1n) is 9.96. The highest BCUT2D eigenvalue weighted by Gasteiger charge is 2.15. The van der Waals surface area contributed by atoms with Crippen molar-refractivity contribution in [3.63, 3.8) is 0 Å². The molecule has 0 N–H and O–H groups in total. The molecule has 0 fully saturated rings. The van der Waals surface area contributed by atoms with Crippen molar-refractivity contribution in [3.8, 4) is 0 Å². The number of aromatic nitrogens is 2. The van der Waals surface area contributed by atoms with Crippen molar-refractivity contribution in [2.75, 3.05) is 6.61 Å². The van der Waals surface area contributed by atoms with E-state index in [1.807, 2.05) is 10.8 Å². The van der Waals surface area contributed by atoms with Gasteiger partial charge in [-0.3, -0.25) is 9.59 Å². The smallest absolute Gasteiger partial charge is 0.306 e. The molecule has 1 atom stereocenters. The minimum absolute atomic E-state index is 0.122. The summed E-state index contributed by atoms with van der Waals surface area (Å²) in [5.74, 6) is -0.390. The Hall–Kier alpha value is -1.85. The number of nitrogens with zero attached hydrogens (tertiary/aromatic N) is 2. The number of carbonyl (C=O) groups is 2. The second kappa shape index (κ2) is 14.3. The molecule has 1 aromatic rings. The van der Waals surface area contributed by atoms with Gasteiger partial charge < -0.3 is 14.0 Å². The lowest BCUT2D eigenvalue weighted by Gasteiger charge is -2.18. The molecular weight excluding hydrogens is 332 g/mol. The van der Waals surface area contributed by atoms with Gasteiger partial charge in [0.15, 0.2) is 0 Å². The first kappa shape index (κ1) is 22.2. The van der Waals surface area contributed by atoms with Gasteiger partial charge in [-0.15, -0.1) is 0 Å². The average Bonchev–Trinajstić information content (AvgIpc) is 3.11.